The fourth-order valence-corrected chi connectivity index (χ4v) is 2.84. The van der Waals surface area contributed by atoms with E-state index in [4.69, 9.17) is 11.6 Å². The van der Waals surface area contributed by atoms with Gasteiger partial charge in [0, 0.05) is 31.8 Å². The summed E-state index contributed by atoms with van der Waals surface area (Å²) in [5, 5.41) is 4.50. The van der Waals surface area contributed by atoms with Crippen molar-refractivity contribution < 1.29 is 4.79 Å². The van der Waals surface area contributed by atoms with E-state index in [0.717, 1.165) is 5.16 Å². The van der Waals surface area contributed by atoms with Gasteiger partial charge in [0.25, 0.3) is 5.91 Å². The van der Waals surface area contributed by atoms with Gasteiger partial charge in [0.15, 0.2) is 5.16 Å². The summed E-state index contributed by atoms with van der Waals surface area (Å²) in [5.41, 5.74) is 0.989. The van der Waals surface area contributed by atoms with Crippen LogP contribution >= 0.6 is 23.4 Å². The number of carbonyl (C=O) groups is 1. The molecule has 6 nitrogen and oxygen atoms in total. The second-order valence-electron chi connectivity index (χ2n) is 4.63. The number of nitrogens with one attached hydrogen (secondary N) is 1. The Hall–Kier alpha value is -2.38. The van der Waals surface area contributed by atoms with E-state index in [1.165, 1.54) is 18.0 Å². The molecular formula is C15H12ClN5OS. The molecule has 0 radical (unpaired) electrons. The number of hydrogen-bond acceptors (Lipinski definition) is 5. The zero-order valence-electron chi connectivity index (χ0n) is 12.1. The van der Waals surface area contributed by atoms with Crippen LogP contribution in [0.25, 0.3) is 0 Å². The van der Waals surface area contributed by atoms with Gasteiger partial charge in [-0.2, -0.15) is 0 Å². The van der Waals surface area contributed by atoms with Gasteiger partial charge in [-0.25, -0.2) is 9.97 Å². The first-order valence-electron chi connectivity index (χ1n) is 6.65. The van der Waals surface area contributed by atoms with Crippen molar-refractivity contribution >= 4 is 35.0 Å². The summed E-state index contributed by atoms with van der Waals surface area (Å²) in [6, 6.07) is 5.09. The third-order valence-electron chi connectivity index (χ3n) is 2.95. The van der Waals surface area contributed by atoms with Gasteiger partial charge in [-0.15, -0.1) is 0 Å². The number of aryl methyl sites for hydroxylation is 1. The molecule has 0 aliphatic heterocycles. The van der Waals surface area contributed by atoms with E-state index in [2.05, 4.69) is 20.3 Å². The molecule has 3 heterocycles. The second kappa shape index (κ2) is 6.80. The number of pyridine rings is 2. The Balaban J connectivity index is 1.76. The number of nitrogens with zero attached hydrogens (tertiary/aromatic N) is 4. The van der Waals surface area contributed by atoms with Crippen molar-refractivity contribution in [1.82, 2.24) is 19.5 Å². The molecule has 3 aromatic heterocycles. The van der Waals surface area contributed by atoms with Crippen molar-refractivity contribution in [1.29, 1.82) is 0 Å². The van der Waals surface area contributed by atoms with Crippen LogP contribution in [0.3, 0.4) is 0 Å². The molecule has 0 aliphatic carbocycles. The number of amides is 1. The topological polar surface area (TPSA) is 72.7 Å². The molecule has 0 bridgehead atoms. The quantitative estimate of drug-likeness (QED) is 0.785. The predicted molar refractivity (Wildman–Crippen MR) is 88.8 cm³/mol. The maximum Gasteiger partial charge on any atom is 0.257 e. The van der Waals surface area contributed by atoms with E-state index < -0.39 is 0 Å². The van der Waals surface area contributed by atoms with Crippen molar-refractivity contribution in [3.8, 4) is 0 Å². The molecular weight excluding hydrogens is 334 g/mol. The highest BCUT2D eigenvalue weighted by Gasteiger charge is 2.13. The van der Waals surface area contributed by atoms with Crippen molar-refractivity contribution in [2.75, 3.05) is 5.32 Å². The van der Waals surface area contributed by atoms with Gasteiger partial charge in [0.1, 0.15) is 5.03 Å². The molecule has 23 heavy (non-hydrogen) atoms. The average Bonchev–Trinajstić information content (AvgIpc) is 2.95. The summed E-state index contributed by atoms with van der Waals surface area (Å²) in [4.78, 5) is 24.6. The van der Waals surface area contributed by atoms with Crippen LogP contribution in [-0.2, 0) is 7.05 Å². The van der Waals surface area contributed by atoms with Crippen LogP contribution in [-0.4, -0.2) is 25.4 Å². The van der Waals surface area contributed by atoms with Crippen LogP contribution in [0.5, 0.6) is 0 Å². The van der Waals surface area contributed by atoms with Gasteiger partial charge >= 0.3 is 0 Å². The van der Waals surface area contributed by atoms with Gasteiger partial charge in [-0.05, 0) is 30.0 Å². The average molecular weight is 346 g/mol. The molecule has 1 amide bonds. The fraction of sp³-hybridized carbons (Fsp3) is 0.0667. The van der Waals surface area contributed by atoms with Crippen LogP contribution in [0.2, 0.25) is 5.02 Å². The van der Waals surface area contributed by atoms with Gasteiger partial charge in [0.05, 0.1) is 22.5 Å². The Kier molecular flexibility index (Phi) is 4.59. The molecule has 3 rings (SSSR count). The van der Waals surface area contributed by atoms with Crippen LogP contribution in [0.1, 0.15) is 10.4 Å². The van der Waals surface area contributed by atoms with Crippen molar-refractivity contribution in [3.05, 3.63) is 59.8 Å². The number of anilines is 1. The molecule has 8 heteroatoms. The first-order valence-corrected chi connectivity index (χ1v) is 7.85. The molecule has 0 aliphatic rings. The minimum atomic E-state index is -0.291. The molecule has 0 fully saturated rings. The lowest BCUT2D eigenvalue weighted by Crippen LogP contribution is -2.12. The number of imidazole rings is 1. The van der Waals surface area contributed by atoms with Crippen molar-refractivity contribution in [2.24, 2.45) is 7.05 Å². The maximum atomic E-state index is 12.2. The minimum absolute atomic E-state index is 0.291. The van der Waals surface area contributed by atoms with Crippen LogP contribution < -0.4 is 5.32 Å². The van der Waals surface area contributed by atoms with Gasteiger partial charge in [-0.1, -0.05) is 11.6 Å². The van der Waals surface area contributed by atoms with Gasteiger partial charge in [0.2, 0.25) is 0 Å². The number of halogens is 1. The molecule has 0 saturated heterocycles. The minimum Gasteiger partial charge on any atom is -0.329 e. The van der Waals surface area contributed by atoms with Gasteiger partial charge < -0.3 is 9.88 Å². The smallest absolute Gasteiger partial charge is 0.257 e. The molecule has 0 aromatic carbocycles. The number of hydrogen-bond donors (Lipinski definition) is 1. The zero-order chi connectivity index (χ0) is 16.2. The summed E-state index contributed by atoms with van der Waals surface area (Å²) >= 11 is 7.57. The lowest BCUT2D eigenvalue weighted by molar-refractivity contribution is 0.102. The largest absolute Gasteiger partial charge is 0.329 e. The number of aromatic nitrogens is 4. The van der Waals surface area contributed by atoms with E-state index in [9.17, 15) is 4.79 Å². The summed E-state index contributed by atoms with van der Waals surface area (Å²) in [7, 11) is 1.89. The molecule has 0 unspecified atom stereocenters. The summed E-state index contributed by atoms with van der Waals surface area (Å²) in [6.07, 6.45) is 8.23. The summed E-state index contributed by atoms with van der Waals surface area (Å²) in [5.74, 6) is -0.291. The van der Waals surface area contributed by atoms with Crippen molar-refractivity contribution in [2.45, 2.75) is 10.2 Å². The highest BCUT2D eigenvalue weighted by Crippen LogP contribution is 2.30. The normalized spacial score (nSPS) is 10.5. The standard InChI is InChI=1S/C15H12ClN5OS/c1-21-6-5-18-15(21)23-14-12(16)7-10(8-19-14)13(22)20-11-3-2-4-17-9-11/h2-9H,1H3,(H,20,22). The van der Waals surface area contributed by atoms with Gasteiger partial charge in [-0.3, -0.25) is 9.78 Å². The van der Waals surface area contributed by atoms with E-state index in [0.29, 0.717) is 21.3 Å². The number of carbonyl (C=O) groups excluding carboxylic acids is 1. The highest BCUT2D eigenvalue weighted by molar-refractivity contribution is 7.99. The number of rotatable bonds is 4. The molecule has 1 N–H and O–H groups in total. The zero-order valence-corrected chi connectivity index (χ0v) is 13.7. The lowest BCUT2D eigenvalue weighted by atomic mass is 10.2. The second-order valence-corrected chi connectivity index (χ2v) is 5.99. The first-order chi connectivity index (χ1) is 11.1. The molecule has 116 valence electrons. The summed E-state index contributed by atoms with van der Waals surface area (Å²) in [6.45, 7) is 0. The van der Waals surface area contributed by atoms with Crippen molar-refractivity contribution in [3.63, 3.8) is 0 Å². The molecule has 0 spiro atoms. The van der Waals surface area contributed by atoms with Crippen LogP contribution in [0, 0.1) is 0 Å². The molecule has 0 saturated carbocycles. The highest BCUT2D eigenvalue weighted by atomic mass is 35.5. The Labute approximate surface area is 141 Å². The Morgan fingerprint density at radius 2 is 2.17 bits per heavy atom. The third kappa shape index (κ3) is 3.69. The SMILES string of the molecule is Cn1ccnc1Sc1ncc(C(=O)Nc2cccnc2)cc1Cl. The van der Waals surface area contributed by atoms with Crippen LogP contribution in [0.15, 0.2) is 59.4 Å². The molecule has 0 atom stereocenters. The monoisotopic (exact) mass is 345 g/mol. The van der Waals surface area contributed by atoms with Crippen LogP contribution in [0.4, 0.5) is 5.69 Å². The summed E-state index contributed by atoms with van der Waals surface area (Å²) < 4.78 is 1.87. The third-order valence-corrected chi connectivity index (χ3v) is 4.45. The Morgan fingerprint density at radius 1 is 1.30 bits per heavy atom. The maximum absolute atomic E-state index is 12.2. The lowest BCUT2D eigenvalue weighted by Gasteiger charge is -2.07. The fourth-order valence-electron chi connectivity index (χ4n) is 1.80. The molecule has 3 aromatic rings. The first kappa shape index (κ1) is 15.5. The Morgan fingerprint density at radius 3 is 2.83 bits per heavy atom. The van der Waals surface area contributed by atoms with E-state index >= 15 is 0 Å². The predicted octanol–water partition coefficient (Wildman–Crippen LogP) is 3.27. The van der Waals surface area contributed by atoms with E-state index in [-0.39, 0.29) is 5.91 Å². The van der Waals surface area contributed by atoms with E-state index in [1.807, 2.05) is 17.8 Å². The Bertz CT molecular complexity index is 837. The van der Waals surface area contributed by atoms with E-state index in [1.54, 1.807) is 36.8 Å².